The molecule has 0 heterocycles. The molecule has 0 saturated heterocycles. The minimum absolute atomic E-state index is 0. The molecule has 0 atom stereocenters. The first-order chi connectivity index (χ1) is 8.41. The molecule has 0 aliphatic rings. The number of fused-ring (bicyclic) bond motifs is 1. The van der Waals surface area contributed by atoms with E-state index < -0.39 is 0 Å². The van der Waals surface area contributed by atoms with Crippen LogP contribution < -0.4 is 0 Å². The number of hydrogen-bond acceptors (Lipinski definition) is 0. The first-order valence-electron chi connectivity index (χ1n) is 6.79. The van der Waals surface area contributed by atoms with E-state index in [1.807, 2.05) is 0 Å². The summed E-state index contributed by atoms with van der Waals surface area (Å²) in [5, 5.41) is 2.79. The van der Waals surface area contributed by atoms with Gasteiger partial charge in [0.1, 0.15) is 0 Å². The average Bonchev–Trinajstić information content (AvgIpc) is 2.72. The maximum Gasteiger partial charge on any atom is 0 e. The van der Waals surface area contributed by atoms with E-state index in [4.69, 9.17) is 0 Å². The molecule has 0 aliphatic carbocycles. The Hall–Kier alpha value is 1.01. The van der Waals surface area contributed by atoms with Crippen LogP contribution in [-0.4, -0.2) is 11.3 Å². The van der Waals surface area contributed by atoms with Gasteiger partial charge in [-0.25, -0.2) is 0 Å². The summed E-state index contributed by atoms with van der Waals surface area (Å²) < 4.78 is 0. The van der Waals surface area contributed by atoms with E-state index in [2.05, 4.69) is 71.9 Å². The smallest absolute Gasteiger partial charge is 0 e. The molecule has 0 N–H and O–H groups in total. The summed E-state index contributed by atoms with van der Waals surface area (Å²) >= 11 is 0. The van der Waals surface area contributed by atoms with Crippen molar-refractivity contribution in [1.29, 1.82) is 0 Å². The van der Waals surface area contributed by atoms with Crippen LogP contribution in [0, 0.1) is 13.8 Å². The first kappa shape index (κ1) is 30.8. The zero-order valence-electron chi connectivity index (χ0n) is 14.3. The van der Waals surface area contributed by atoms with Gasteiger partial charge in [0.2, 0.25) is 0 Å². The van der Waals surface area contributed by atoms with Gasteiger partial charge in [0.25, 0.3) is 0 Å². The van der Waals surface area contributed by atoms with Crippen molar-refractivity contribution in [3.63, 3.8) is 0 Å². The summed E-state index contributed by atoms with van der Waals surface area (Å²) in [6.07, 6.45) is 0. The SMILES string of the molecule is CC(C)PC(C)C.Cc1ccc(C)c2[cH-]ccc12.Cl.Cl.Cl.[Zr]. The standard InChI is InChI=1S/C11H11.C6H15P.3ClH.Zr/c1-8-6-7-9(2)11-5-3-4-10(8)11;1-5(2)7-6(3)4;;;;/h3-7H,1-2H3;5-7H,1-4H3;3*1H;/q-1;;;;;. The van der Waals surface area contributed by atoms with Crippen molar-refractivity contribution >= 4 is 56.6 Å². The fraction of sp³-hybridized carbons (Fsp3) is 0.471. The van der Waals surface area contributed by atoms with Crippen LogP contribution in [0.4, 0.5) is 0 Å². The molecule has 128 valence electrons. The Kier molecular flexibility index (Phi) is 21.8. The third kappa shape index (κ3) is 10.7. The van der Waals surface area contributed by atoms with E-state index in [0.717, 1.165) is 19.9 Å². The Labute approximate surface area is 176 Å². The molecular formula is C17H29Cl3PZr-. The molecule has 2 rings (SSSR count). The van der Waals surface area contributed by atoms with Gasteiger partial charge in [-0.1, -0.05) is 46.2 Å². The molecule has 2 aromatic rings. The minimum Gasteiger partial charge on any atom is -0.168 e. The van der Waals surface area contributed by atoms with Crippen LogP contribution in [0.25, 0.3) is 10.8 Å². The summed E-state index contributed by atoms with van der Waals surface area (Å²) in [6, 6.07) is 10.8. The van der Waals surface area contributed by atoms with Crippen LogP contribution in [-0.2, 0) is 26.2 Å². The molecule has 0 spiro atoms. The Morgan fingerprint density at radius 1 is 0.818 bits per heavy atom. The molecule has 0 aliphatic heterocycles. The van der Waals surface area contributed by atoms with E-state index in [0.29, 0.717) is 0 Å². The minimum atomic E-state index is 0. The molecule has 0 radical (unpaired) electrons. The van der Waals surface area contributed by atoms with Crippen molar-refractivity contribution in [2.75, 3.05) is 0 Å². The fourth-order valence-corrected chi connectivity index (χ4v) is 3.54. The van der Waals surface area contributed by atoms with Crippen molar-refractivity contribution < 1.29 is 26.2 Å². The average molecular weight is 462 g/mol. The predicted octanol–water partition coefficient (Wildman–Crippen LogP) is 6.92. The van der Waals surface area contributed by atoms with Gasteiger partial charge in [0, 0.05) is 26.2 Å². The molecule has 22 heavy (non-hydrogen) atoms. The Morgan fingerprint density at radius 2 is 1.27 bits per heavy atom. The summed E-state index contributed by atoms with van der Waals surface area (Å²) in [7, 11) is 1.15. The van der Waals surface area contributed by atoms with Gasteiger partial charge in [-0.15, -0.1) is 74.3 Å². The van der Waals surface area contributed by atoms with E-state index in [1.165, 1.54) is 21.9 Å². The third-order valence-electron chi connectivity index (χ3n) is 2.92. The van der Waals surface area contributed by atoms with Gasteiger partial charge in [-0.05, 0) is 18.2 Å². The third-order valence-corrected chi connectivity index (χ3v) is 4.25. The summed E-state index contributed by atoms with van der Waals surface area (Å²) in [5.74, 6) is 0. The summed E-state index contributed by atoms with van der Waals surface area (Å²) in [6.45, 7) is 13.4. The number of benzene rings is 1. The van der Waals surface area contributed by atoms with Gasteiger partial charge in [-0.2, -0.15) is 12.1 Å². The monoisotopic (exact) mass is 459 g/mol. The normalized spacial score (nSPS) is 8.91. The van der Waals surface area contributed by atoms with Crippen molar-refractivity contribution in [1.82, 2.24) is 0 Å². The quantitative estimate of drug-likeness (QED) is 0.336. The van der Waals surface area contributed by atoms with Gasteiger partial charge >= 0.3 is 0 Å². The molecule has 0 saturated carbocycles. The van der Waals surface area contributed by atoms with E-state index >= 15 is 0 Å². The second kappa shape index (κ2) is 15.5. The number of aryl methyl sites for hydroxylation is 2. The number of halogens is 3. The molecule has 0 fully saturated rings. The molecule has 5 heteroatoms. The van der Waals surface area contributed by atoms with Crippen molar-refractivity contribution in [3.05, 3.63) is 41.5 Å². The molecular weight excluding hydrogens is 433 g/mol. The molecule has 0 amide bonds. The van der Waals surface area contributed by atoms with Crippen LogP contribution in [0.1, 0.15) is 38.8 Å². The molecule has 0 bridgehead atoms. The van der Waals surface area contributed by atoms with E-state index in [1.54, 1.807) is 0 Å². The van der Waals surface area contributed by atoms with Gasteiger partial charge in [-0.3, -0.25) is 0 Å². The van der Waals surface area contributed by atoms with Crippen LogP contribution in [0.2, 0.25) is 0 Å². The van der Waals surface area contributed by atoms with Gasteiger partial charge in [0.15, 0.2) is 0 Å². The Morgan fingerprint density at radius 3 is 1.64 bits per heavy atom. The van der Waals surface area contributed by atoms with Crippen LogP contribution >= 0.6 is 45.8 Å². The Bertz CT molecular complexity index is 454. The topological polar surface area (TPSA) is 0 Å². The maximum absolute atomic E-state index is 2.28. The van der Waals surface area contributed by atoms with Gasteiger partial charge in [0.05, 0.1) is 0 Å². The summed E-state index contributed by atoms with van der Waals surface area (Å²) in [5.41, 5.74) is 4.55. The number of rotatable bonds is 2. The van der Waals surface area contributed by atoms with E-state index in [9.17, 15) is 0 Å². The fourth-order valence-electron chi connectivity index (χ4n) is 2.20. The second-order valence-corrected chi connectivity index (χ2v) is 8.17. The van der Waals surface area contributed by atoms with Crippen molar-refractivity contribution in [3.8, 4) is 0 Å². The Balaban J connectivity index is -0.000000134. The van der Waals surface area contributed by atoms with Gasteiger partial charge < -0.3 is 0 Å². The zero-order chi connectivity index (χ0) is 13.7. The van der Waals surface area contributed by atoms with E-state index in [-0.39, 0.29) is 63.4 Å². The van der Waals surface area contributed by atoms with Crippen LogP contribution in [0.15, 0.2) is 30.3 Å². The first-order valence-corrected chi connectivity index (χ1v) is 7.95. The largest absolute Gasteiger partial charge is 0.168 e. The molecule has 0 aromatic heterocycles. The zero-order valence-corrected chi connectivity index (χ0v) is 20.2. The molecule has 2 aromatic carbocycles. The summed E-state index contributed by atoms with van der Waals surface area (Å²) in [4.78, 5) is 0. The molecule has 0 nitrogen and oxygen atoms in total. The molecule has 0 unspecified atom stereocenters. The van der Waals surface area contributed by atoms with Crippen molar-refractivity contribution in [2.45, 2.75) is 52.9 Å². The second-order valence-electron chi connectivity index (χ2n) is 5.53. The van der Waals surface area contributed by atoms with Crippen LogP contribution in [0.5, 0.6) is 0 Å². The van der Waals surface area contributed by atoms with Crippen molar-refractivity contribution in [2.24, 2.45) is 0 Å². The van der Waals surface area contributed by atoms with Crippen LogP contribution in [0.3, 0.4) is 0 Å². The predicted molar refractivity (Wildman–Crippen MR) is 109 cm³/mol. The maximum atomic E-state index is 2.28. The number of hydrogen-bond donors (Lipinski definition) is 0.